The lowest BCUT2D eigenvalue weighted by molar-refractivity contribution is -0.148. The van der Waals surface area contributed by atoms with Crippen LogP contribution in [-0.4, -0.2) is 41.0 Å². The maximum absolute atomic E-state index is 14.0. The number of fused-ring (bicyclic) bond motifs is 7. The highest BCUT2D eigenvalue weighted by atomic mass is 16.6. The molecular weight excluding hydrogens is 506 g/mol. The molecule has 0 radical (unpaired) electrons. The molecule has 0 saturated carbocycles. The second kappa shape index (κ2) is 8.59. The highest BCUT2D eigenvalue weighted by Gasteiger charge is 2.61. The van der Waals surface area contributed by atoms with E-state index in [1.54, 1.807) is 18.2 Å². The molecule has 3 heterocycles. The Kier molecular flexibility index (Phi) is 5.21. The smallest absolute Gasteiger partial charge is 0.357 e. The van der Waals surface area contributed by atoms with E-state index in [0.29, 0.717) is 22.5 Å². The van der Waals surface area contributed by atoms with Crippen molar-refractivity contribution in [2.45, 2.75) is 25.7 Å². The van der Waals surface area contributed by atoms with Crippen LogP contribution >= 0.6 is 0 Å². The molecule has 2 unspecified atom stereocenters. The van der Waals surface area contributed by atoms with Gasteiger partial charge in [-0.15, -0.1) is 0 Å². The van der Waals surface area contributed by atoms with Gasteiger partial charge in [-0.1, -0.05) is 48.5 Å². The number of hydrogen-bond acceptors (Lipinski definition) is 8. The summed E-state index contributed by atoms with van der Waals surface area (Å²) in [6, 6.07) is 19.2. The predicted octanol–water partition coefficient (Wildman–Crippen LogP) is 5.09. The summed E-state index contributed by atoms with van der Waals surface area (Å²) in [5, 5.41) is 0. The summed E-state index contributed by atoms with van der Waals surface area (Å²) in [5.41, 5.74) is 6.02. The lowest BCUT2D eigenvalue weighted by Gasteiger charge is -2.33. The standard InChI is InChI=1S/C32H25N3O5/c1-17-15-23-24(16-18(17)2)34-28-26(33-23)21-11-7-8-12-22(21)32(28)25(30(36)39-4)27(31(37)40-32)35-14-13-19-9-5-6-10-20(19)29(35)38-3/h5-16,29H,1-4H3. The molecule has 1 aromatic heterocycles. The minimum atomic E-state index is -1.64. The molecule has 3 aliphatic rings. The average Bonchev–Trinajstić information content (AvgIpc) is 3.42. The number of rotatable bonds is 3. The van der Waals surface area contributed by atoms with Gasteiger partial charge < -0.3 is 19.1 Å². The Morgan fingerprint density at radius 2 is 1.68 bits per heavy atom. The average molecular weight is 532 g/mol. The molecule has 4 aromatic rings. The van der Waals surface area contributed by atoms with Gasteiger partial charge >= 0.3 is 11.9 Å². The molecule has 8 heteroatoms. The van der Waals surface area contributed by atoms with Crippen LogP contribution in [0, 0.1) is 13.8 Å². The fourth-order valence-corrected chi connectivity index (χ4v) is 6.02. The molecule has 2 atom stereocenters. The maximum atomic E-state index is 14.0. The largest absolute Gasteiger partial charge is 0.465 e. The summed E-state index contributed by atoms with van der Waals surface area (Å²) in [5.74, 6) is -1.39. The summed E-state index contributed by atoms with van der Waals surface area (Å²) in [4.78, 5) is 39.3. The number of esters is 2. The first-order valence-corrected chi connectivity index (χ1v) is 12.9. The Morgan fingerprint density at radius 1 is 0.975 bits per heavy atom. The fraction of sp³-hybridized carbons (Fsp3) is 0.188. The van der Waals surface area contributed by atoms with E-state index in [2.05, 4.69) is 0 Å². The molecule has 1 spiro atoms. The van der Waals surface area contributed by atoms with Gasteiger partial charge in [-0.25, -0.2) is 19.6 Å². The molecule has 0 N–H and O–H groups in total. The number of nitrogens with zero attached hydrogens (tertiary/aromatic N) is 3. The zero-order valence-corrected chi connectivity index (χ0v) is 22.4. The van der Waals surface area contributed by atoms with Crippen LogP contribution in [0.25, 0.3) is 28.4 Å². The second-order valence-corrected chi connectivity index (χ2v) is 10.1. The zero-order chi connectivity index (χ0) is 27.8. The van der Waals surface area contributed by atoms with Gasteiger partial charge in [0.05, 0.1) is 23.8 Å². The van der Waals surface area contributed by atoms with E-state index in [0.717, 1.165) is 33.3 Å². The van der Waals surface area contributed by atoms with Crippen LogP contribution in [-0.2, 0) is 29.4 Å². The van der Waals surface area contributed by atoms with E-state index in [9.17, 15) is 9.59 Å². The number of aromatic nitrogens is 2. The van der Waals surface area contributed by atoms with Gasteiger partial charge in [-0.05, 0) is 48.7 Å². The van der Waals surface area contributed by atoms with Gasteiger partial charge in [0, 0.05) is 30.0 Å². The molecule has 2 aliphatic heterocycles. The monoisotopic (exact) mass is 531 g/mol. The number of methoxy groups -OCH3 is 2. The highest BCUT2D eigenvalue weighted by molar-refractivity contribution is 6.08. The minimum absolute atomic E-state index is 0.0362. The zero-order valence-electron chi connectivity index (χ0n) is 22.4. The van der Waals surface area contributed by atoms with Gasteiger partial charge in [-0.3, -0.25) is 0 Å². The van der Waals surface area contributed by atoms with Gasteiger partial charge in [0.2, 0.25) is 5.60 Å². The van der Waals surface area contributed by atoms with Crippen molar-refractivity contribution in [3.05, 3.63) is 112 Å². The lowest BCUT2D eigenvalue weighted by Crippen LogP contribution is -2.34. The van der Waals surface area contributed by atoms with Crippen LogP contribution in [0.1, 0.15) is 39.7 Å². The van der Waals surface area contributed by atoms with Crippen molar-refractivity contribution in [2.24, 2.45) is 0 Å². The van der Waals surface area contributed by atoms with E-state index < -0.39 is 23.8 Å². The fourth-order valence-electron chi connectivity index (χ4n) is 6.02. The minimum Gasteiger partial charge on any atom is -0.465 e. The maximum Gasteiger partial charge on any atom is 0.357 e. The summed E-state index contributed by atoms with van der Waals surface area (Å²) >= 11 is 0. The Labute approximate surface area is 230 Å². The van der Waals surface area contributed by atoms with Crippen molar-refractivity contribution < 1.29 is 23.8 Å². The predicted molar refractivity (Wildman–Crippen MR) is 147 cm³/mol. The Balaban J connectivity index is 1.55. The molecule has 7 rings (SSSR count). The van der Waals surface area contributed by atoms with E-state index in [1.165, 1.54) is 7.11 Å². The topological polar surface area (TPSA) is 90.8 Å². The Morgan fingerprint density at radius 3 is 2.42 bits per heavy atom. The van der Waals surface area contributed by atoms with Crippen LogP contribution in [0.4, 0.5) is 0 Å². The summed E-state index contributed by atoms with van der Waals surface area (Å²) in [7, 11) is 2.85. The van der Waals surface area contributed by atoms with Crippen molar-refractivity contribution in [3.63, 3.8) is 0 Å². The summed E-state index contributed by atoms with van der Waals surface area (Å²) < 4.78 is 17.5. The SMILES string of the molecule is COC(=O)C1=C(N2C=Cc3ccccc3C2OC)C(=O)OC12c1ccccc1-c1nc3cc(C)c(C)cc3nc12. The Hall–Kier alpha value is -4.82. The third-order valence-electron chi connectivity index (χ3n) is 8.00. The van der Waals surface area contributed by atoms with Crippen LogP contribution in [0.3, 0.4) is 0 Å². The third-order valence-corrected chi connectivity index (χ3v) is 8.00. The van der Waals surface area contributed by atoms with Crippen molar-refractivity contribution in [2.75, 3.05) is 14.2 Å². The molecular formula is C32H25N3O5. The van der Waals surface area contributed by atoms with E-state index in [4.69, 9.17) is 24.2 Å². The molecule has 0 bridgehead atoms. The third kappa shape index (κ3) is 3.11. The second-order valence-electron chi connectivity index (χ2n) is 10.1. The van der Waals surface area contributed by atoms with Crippen molar-refractivity contribution >= 4 is 29.0 Å². The molecule has 1 aliphatic carbocycles. The van der Waals surface area contributed by atoms with Crippen molar-refractivity contribution in [3.8, 4) is 11.3 Å². The molecule has 198 valence electrons. The molecule has 40 heavy (non-hydrogen) atoms. The quantitative estimate of drug-likeness (QED) is 0.338. The van der Waals surface area contributed by atoms with E-state index >= 15 is 0 Å². The van der Waals surface area contributed by atoms with Gasteiger partial charge in [0.25, 0.3) is 0 Å². The van der Waals surface area contributed by atoms with Crippen molar-refractivity contribution in [1.82, 2.24) is 14.9 Å². The van der Waals surface area contributed by atoms with Crippen LogP contribution < -0.4 is 0 Å². The number of ether oxygens (including phenoxy) is 3. The van der Waals surface area contributed by atoms with Crippen LogP contribution in [0.15, 0.2) is 78.1 Å². The first-order valence-electron chi connectivity index (χ1n) is 12.9. The van der Waals surface area contributed by atoms with Crippen LogP contribution in [0.2, 0.25) is 0 Å². The number of carbonyl (C=O) groups is 2. The van der Waals surface area contributed by atoms with E-state index in [-0.39, 0.29) is 11.3 Å². The number of hydrogen-bond donors (Lipinski definition) is 0. The first kappa shape index (κ1) is 24.2. The lowest BCUT2D eigenvalue weighted by atomic mass is 9.86. The van der Waals surface area contributed by atoms with Crippen molar-refractivity contribution in [1.29, 1.82) is 0 Å². The summed E-state index contributed by atoms with van der Waals surface area (Å²) in [6.07, 6.45) is 2.93. The van der Waals surface area contributed by atoms with E-state index in [1.807, 2.05) is 80.6 Å². The number of carbonyl (C=O) groups excluding carboxylic acids is 2. The molecule has 0 fully saturated rings. The molecule has 3 aromatic carbocycles. The molecule has 0 saturated heterocycles. The normalized spacial score (nSPS) is 20.6. The molecule has 0 amide bonds. The van der Waals surface area contributed by atoms with Gasteiger partial charge in [0.15, 0.2) is 6.23 Å². The molecule has 8 nitrogen and oxygen atoms in total. The van der Waals surface area contributed by atoms with Crippen LogP contribution in [0.5, 0.6) is 0 Å². The summed E-state index contributed by atoms with van der Waals surface area (Å²) in [6.45, 7) is 4.03. The number of benzene rings is 3. The number of aryl methyl sites for hydroxylation is 2. The first-order chi connectivity index (χ1) is 19.4. The Bertz CT molecular complexity index is 1840. The highest BCUT2D eigenvalue weighted by Crippen LogP contribution is 2.57. The van der Waals surface area contributed by atoms with Gasteiger partial charge in [0.1, 0.15) is 17.0 Å². The van der Waals surface area contributed by atoms with Gasteiger partial charge in [-0.2, -0.15) is 0 Å².